The normalized spacial score (nSPS) is 27.9. The third kappa shape index (κ3) is 3.45. The summed E-state index contributed by atoms with van der Waals surface area (Å²) >= 11 is 0. The van der Waals surface area contributed by atoms with Gasteiger partial charge in [-0.15, -0.1) is 0 Å². The molecule has 1 saturated heterocycles. The van der Waals surface area contributed by atoms with Crippen LogP contribution in [0, 0.1) is 17.8 Å². The maximum Gasteiger partial charge on any atom is 0.0124 e. The highest BCUT2D eigenvalue weighted by atomic mass is 15.1. The van der Waals surface area contributed by atoms with Crippen LogP contribution in [0.25, 0.3) is 0 Å². The number of nitrogens with one attached hydrogen (secondary N) is 1. The van der Waals surface area contributed by atoms with Gasteiger partial charge in [-0.25, -0.2) is 0 Å². The number of hydrogen-bond donors (Lipinski definition) is 1. The van der Waals surface area contributed by atoms with Gasteiger partial charge in [0.1, 0.15) is 0 Å². The molecule has 1 aliphatic heterocycles. The van der Waals surface area contributed by atoms with Gasteiger partial charge in [0.15, 0.2) is 0 Å². The maximum absolute atomic E-state index is 3.86. The minimum atomic E-state index is 0.888. The first-order chi connectivity index (χ1) is 8.33. The van der Waals surface area contributed by atoms with Crippen molar-refractivity contribution in [2.24, 2.45) is 17.8 Å². The fourth-order valence-corrected chi connectivity index (χ4v) is 3.30. The molecule has 0 atom stereocenters. The number of likely N-dealkylation sites (tertiary alicyclic amines) is 1. The molecule has 0 aromatic heterocycles. The van der Waals surface area contributed by atoms with Crippen LogP contribution in [-0.4, -0.2) is 37.1 Å². The van der Waals surface area contributed by atoms with Crippen LogP contribution in [0.15, 0.2) is 0 Å². The number of nitrogens with zero attached hydrogens (tertiary/aromatic N) is 1. The lowest BCUT2D eigenvalue weighted by Gasteiger charge is -2.30. The van der Waals surface area contributed by atoms with E-state index in [1.165, 1.54) is 64.7 Å². The van der Waals surface area contributed by atoms with E-state index in [1.54, 1.807) is 0 Å². The quantitative estimate of drug-likeness (QED) is 0.762. The molecule has 2 aliphatic carbocycles. The monoisotopic (exact) mass is 236 g/mol. The van der Waals surface area contributed by atoms with Gasteiger partial charge in [0.05, 0.1) is 0 Å². The summed E-state index contributed by atoms with van der Waals surface area (Å²) in [7, 11) is 0. The number of hydrogen-bond acceptors (Lipinski definition) is 2. The summed E-state index contributed by atoms with van der Waals surface area (Å²) in [5.74, 6) is 3.05. The zero-order chi connectivity index (χ0) is 11.7. The average molecular weight is 236 g/mol. The summed E-state index contributed by atoms with van der Waals surface area (Å²) in [5.41, 5.74) is 0. The molecule has 1 heterocycles. The van der Waals surface area contributed by atoms with Crippen molar-refractivity contribution in [3.8, 4) is 0 Å². The molecule has 1 N–H and O–H groups in total. The van der Waals surface area contributed by atoms with Gasteiger partial charge in [-0.3, -0.25) is 0 Å². The fourth-order valence-electron chi connectivity index (χ4n) is 3.30. The minimum absolute atomic E-state index is 0.888. The molecule has 98 valence electrons. The molecule has 0 spiro atoms. The molecule has 2 saturated carbocycles. The van der Waals surface area contributed by atoms with Gasteiger partial charge in [0.2, 0.25) is 0 Å². The van der Waals surface area contributed by atoms with Gasteiger partial charge in [0.25, 0.3) is 0 Å². The Bertz CT molecular complexity index is 225. The summed E-state index contributed by atoms with van der Waals surface area (Å²) < 4.78 is 0. The first kappa shape index (κ1) is 12.0. The van der Waals surface area contributed by atoms with Crippen molar-refractivity contribution in [3.05, 3.63) is 0 Å². The second kappa shape index (κ2) is 5.27. The smallest absolute Gasteiger partial charge is 0.0124 e. The lowest BCUT2D eigenvalue weighted by molar-refractivity contribution is 0.189. The van der Waals surface area contributed by atoms with Crippen LogP contribution in [0.4, 0.5) is 0 Å². The Labute approximate surface area is 106 Å². The zero-order valence-electron chi connectivity index (χ0n) is 11.3. The van der Waals surface area contributed by atoms with E-state index < -0.39 is 0 Å². The van der Waals surface area contributed by atoms with E-state index in [0.717, 1.165) is 23.8 Å². The molecule has 0 unspecified atom stereocenters. The molecule has 2 heteroatoms. The predicted octanol–water partition coefficient (Wildman–Crippen LogP) is 2.50. The molecule has 3 fully saturated rings. The summed E-state index contributed by atoms with van der Waals surface area (Å²) in [6, 6.07) is 0.888. The van der Waals surface area contributed by atoms with Crippen LogP contribution in [-0.2, 0) is 0 Å². The van der Waals surface area contributed by atoms with Crippen molar-refractivity contribution in [1.29, 1.82) is 0 Å². The Kier molecular flexibility index (Phi) is 3.72. The molecule has 17 heavy (non-hydrogen) atoms. The van der Waals surface area contributed by atoms with Crippen molar-refractivity contribution in [2.45, 2.75) is 51.5 Å². The van der Waals surface area contributed by atoms with E-state index in [9.17, 15) is 0 Å². The maximum atomic E-state index is 3.86. The molecule has 3 rings (SSSR count). The first-order valence-corrected chi connectivity index (χ1v) is 7.78. The van der Waals surface area contributed by atoms with Crippen LogP contribution in [0.1, 0.15) is 45.4 Å². The molecule has 2 nitrogen and oxygen atoms in total. The van der Waals surface area contributed by atoms with E-state index in [2.05, 4.69) is 17.1 Å². The number of piperidine rings is 1. The van der Waals surface area contributed by atoms with E-state index >= 15 is 0 Å². The Morgan fingerprint density at radius 3 is 2.12 bits per heavy atom. The van der Waals surface area contributed by atoms with E-state index in [4.69, 9.17) is 0 Å². The van der Waals surface area contributed by atoms with E-state index in [-0.39, 0.29) is 0 Å². The highest BCUT2D eigenvalue weighted by molar-refractivity contribution is 4.96. The highest BCUT2D eigenvalue weighted by Crippen LogP contribution is 2.44. The van der Waals surface area contributed by atoms with Crippen LogP contribution in [0.5, 0.6) is 0 Å². The van der Waals surface area contributed by atoms with Gasteiger partial charge < -0.3 is 10.2 Å². The SMILES string of the molecule is CC1CCN(CCNC(C2CC2)C2CC2)CC1. The van der Waals surface area contributed by atoms with Crippen molar-refractivity contribution >= 4 is 0 Å². The summed E-state index contributed by atoms with van der Waals surface area (Å²) in [6.07, 6.45) is 8.80. The second-order valence-electron chi connectivity index (χ2n) is 6.68. The Morgan fingerprint density at radius 2 is 1.59 bits per heavy atom. The van der Waals surface area contributed by atoms with Crippen LogP contribution < -0.4 is 5.32 Å². The first-order valence-electron chi connectivity index (χ1n) is 7.78. The van der Waals surface area contributed by atoms with Gasteiger partial charge >= 0.3 is 0 Å². The average Bonchev–Trinajstić information content (AvgIpc) is 3.19. The largest absolute Gasteiger partial charge is 0.312 e. The topological polar surface area (TPSA) is 15.3 Å². The third-order valence-electron chi connectivity index (χ3n) is 4.94. The predicted molar refractivity (Wildman–Crippen MR) is 72.1 cm³/mol. The highest BCUT2D eigenvalue weighted by Gasteiger charge is 2.40. The van der Waals surface area contributed by atoms with Crippen LogP contribution >= 0.6 is 0 Å². The van der Waals surface area contributed by atoms with Gasteiger partial charge in [0, 0.05) is 19.1 Å². The summed E-state index contributed by atoms with van der Waals surface area (Å²) in [6.45, 7) is 7.57. The van der Waals surface area contributed by atoms with Gasteiger partial charge in [-0.05, 0) is 69.4 Å². The zero-order valence-corrected chi connectivity index (χ0v) is 11.3. The second-order valence-corrected chi connectivity index (χ2v) is 6.68. The molecule has 0 aromatic rings. The van der Waals surface area contributed by atoms with Crippen LogP contribution in [0.2, 0.25) is 0 Å². The molecule has 0 aromatic carbocycles. The van der Waals surface area contributed by atoms with E-state index in [0.29, 0.717) is 0 Å². The van der Waals surface area contributed by atoms with E-state index in [1.807, 2.05) is 0 Å². The Morgan fingerprint density at radius 1 is 1.00 bits per heavy atom. The van der Waals surface area contributed by atoms with Crippen molar-refractivity contribution in [2.75, 3.05) is 26.2 Å². The molecule has 3 aliphatic rings. The Hall–Kier alpha value is -0.0800. The molecular weight excluding hydrogens is 208 g/mol. The lowest BCUT2D eigenvalue weighted by atomic mass is 9.99. The lowest BCUT2D eigenvalue weighted by Crippen LogP contribution is -2.41. The molecule has 0 radical (unpaired) electrons. The molecular formula is C15H28N2. The van der Waals surface area contributed by atoms with Crippen molar-refractivity contribution in [1.82, 2.24) is 10.2 Å². The third-order valence-corrected chi connectivity index (χ3v) is 4.94. The van der Waals surface area contributed by atoms with Gasteiger partial charge in [-0.2, -0.15) is 0 Å². The minimum Gasteiger partial charge on any atom is -0.312 e. The molecule has 0 bridgehead atoms. The fraction of sp³-hybridized carbons (Fsp3) is 1.00. The molecule has 0 amide bonds. The van der Waals surface area contributed by atoms with Crippen molar-refractivity contribution in [3.63, 3.8) is 0 Å². The van der Waals surface area contributed by atoms with Crippen LogP contribution in [0.3, 0.4) is 0 Å². The Balaban J connectivity index is 1.33. The number of rotatable bonds is 6. The van der Waals surface area contributed by atoms with Gasteiger partial charge in [-0.1, -0.05) is 6.92 Å². The standard InChI is InChI=1S/C15H28N2/c1-12-6-9-17(10-7-12)11-8-16-15(13-2-3-13)14-4-5-14/h12-16H,2-11H2,1H3. The van der Waals surface area contributed by atoms with Crippen molar-refractivity contribution < 1.29 is 0 Å². The summed E-state index contributed by atoms with van der Waals surface area (Å²) in [5, 5.41) is 3.86. The summed E-state index contributed by atoms with van der Waals surface area (Å²) in [4.78, 5) is 2.66.